The highest BCUT2D eigenvalue weighted by molar-refractivity contribution is 14.1. The van der Waals surface area contributed by atoms with Crippen molar-refractivity contribution in [1.82, 2.24) is 0 Å². The predicted octanol–water partition coefficient (Wildman–Crippen LogP) is 4.09. The van der Waals surface area contributed by atoms with E-state index in [1.165, 1.54) is 0 Å². The third kappa shape index (κ3) is 3.11. The van der Waals surface area contributed by atoms with Gasteiger partial charge in [-0.05, 0) is 17.5 Å². The van der Waals surface area contributed by atoms with Gasteiger partial charge < -0.3 is 0 Å². The van der Waals surface area contributed by atoms with Crippen LogP contribution in [0.2, 0.25) is 0 Å². The summed E-state index contributed by atoms with van der Waals surface area (Å²) in [7, 11) is 0. The molecule has 4 heteroatoms. The van der Waals surface area contributed by atoms with E-state index >= 15 is 0 Å². The van der Waals surface area contributed by atoms with E-state index in [0.717, 1.165) is 11.1 Å². The lowest BCUT2D eigenvalue weighted by Gasteiger charge is -2.27. The van der Waals surface area contributed by atoms with Crippen LogP contribution in [0.25, 0.3) is 0 Å². The van der Waals surface area contributed by atoms with Gasteiger partial charge in [0.2, 0.25) is 7.58 Å². The molecule has 102 valence electrons. The summed E-state index contributed by atoms with van der Waals surface area (Å²) in [5.41, 5.74) is 0.623. The zero-order valence-corrected chi connectivity index (χ0v) is 14.9. The first-order chi connectivity index (χ1) is 9.57. The number of halogens is 2. The SMILES string of the molecule is O=C(I)C(Cc1ccccc1)(C(=O)I)c1ccccc1. The van der Waals surface area contributed by atoms with Crippen molar-refractivity contribution in [2.75, 3.05) is 0 Å². The second kappa shape index (κ2) is 6.80. The van der Waals surface area contributed by atoms with Crippen LogP contribution in [0.4, 0.5) is 0 Å². The molecular formula is C16H12I2O2. The van der Waals surface area contributed by atoms with Gasteiger partial charge in [-0.2, -0.15) is 0 Å². The highest BCUT2D eigenvalue weighted by atomic mass is 127. The monoisotopic (exact) mass is 490 g/mol. The van der Waals surface area contributed by atoms with Crippen molar-refractivity contribution in [3.8, 4) is 0 Å². The number of hydrogen-bond acceptors (Lipinski definition) is 2. The Hall–Kier alpha value is -0.760. The summed E-state index contributed by atoms with van der Waals surface area (Å²) in [4.78, 5) is 24.5. The Kier molecular flexibility index (Phi) is 5.31. The van der Waals surface area contributed by atoms with Gasteiger partial charge in [0.1, 0.15) is 5.41 Å². The molecule has 0 unspecified atom stereocenters. The summed E-state index contributed by atoms with van der Waals surface area (Å²) in [5, 5.41) is 0. The van der Waals surface area contributed by atoms with Gasteiger partial charge >= 0.3 is 0 Å². The molecule has 0 spiro atoms. The van der Waals surface area contributed by atoms with E-state index < -0.39 is 5.41 Å². The smallest absolute Gasteiger partial charge is 0.211 e. The van der Waals surface area contributed by atoms with E-state index in [1.807, 2.05) is 60.7 Å². The Morgan fingerprint density at radius 1 is 0.800 bits per heavy atom. The van der Waals surface area contributed by atoms with E-state index in [4.69, 9.17) is 0 Å². The molecule has 0 amide bonds. The highest BCUT2D eigenvalue weighted by Crippen LogP contribution is 2.35. The third-order valence-corrected chi connectivity index (χ3v) is 5.09. The normalized spacial score (nSPS) is 11.1. The van der Waals surface area contributed by atoms with Gasteiger partial charge in [-0.3, -0.25) is 9.59 Å². The van der Waals surface area contributed by atoms with Gasteiger partial charge in [-0.25, -0.2) is 0 Å². The maximum Gasteiger partial charge on any atom is 0.211 e. The van der Waals surface area contributed by atoms with Crippen molar-refractivity contribution in [3.63, 3.8) is 0 Å². The first-order valence-corrected chi connectivity index (χ1v) is 8.22. The second-order valence-electron chi connectivity index (χ2n) is 4.48. The molecule has 0 N–H and O–H groups in total. The Balaban J connectivity index is 2.55. The Morgan fingerprint density at radius 3 is 1.70 bits per heavy atom. The van der Waals surface area contributed by atoms with Crippen LogP contribution in [0, 0.1) is 0 Å². The fourth-order valence-electron chi connectivity index (χ4n) is 2.17. The highest BCUT2D eigenvalue weighted by Gasteiger charge is 2.44. The summed E-state index contributed by atoms with van der Waals surface area (Å²) in [5.74, 6) is 0. The van der Waals surface area contributed by atoms with Crippen molar-refractivity contribution < 1.29 is 9.59 Å². The Morgan fingerprint density at radius 2 is 1.25 bits per heavy atom. The topological polar surface area (TPSA) is 34.1 Å². The molecule has 0 radical (unpaired) electrons. The van der Waals surface area contributed by atoms with E-state index in [-0.39, 0.29) is 7.58 Å². The van der Waals surface area contributed by atoms with Crippen LogP contribution < -0.4 is 0 Å². The average molecular weight is 490 g/mol. The summed E-state index contributed by atoms with van der Waals surface area (Å²) in [6, 6.07) is 18.9. The fraction of sp³-hybridized carbons (Fsp3) is 0.125. The van der Waals surface area contributed by atoms with Crippen molar-refractivity contribution >= 4 is 52.8 Å². The van der Waals surface area contributed by atoms with E-state index in [9.17, 15) is 9.59 Å². The van der Waals surface area contributed by atoms with E-state index in [2.05, 4.69) is 0 Å². The average Bonchev–Trinajstić information content (AvgIpc) is 2.46. The summed E-state index contributed by atoms with van der Waals surface area (Å²) in [6.07, 6.45) is 0.390. The molecular weight excluding hydrogens is 478 g/mol. The largest absolute Gasteiger partial charge is 0.286 e. The number of carbonyl (C=O) groups excluding carboxylic acids is 2. The number of rotatable bonds is 5. The summed E-state index contributed by atoms with van der Waals surface area (Å²) >= 11 is 3.48. The zero-order valence-electron chi connectivity index (χ0n) is 10.6. The summed E-state index contributed by atoms with van der Waals surface area (Å²) < 4.78 is -0.297. The fourth-order valence-corrected chi connectivity index (χ4v) is 4.18. The predicted molar refractivity (Wildman–Crippen MR) is 96.3 cm³/mol. The standard InChI is InChI=1S/C16H12I2O2/c17-14(19)16(15(18)20,13-9-5-2-6-10-13)11-12-7-3-1-4-8-12/h1-10H,11H2. The lowest BCUT2D eigenvalue weighted by Crippen LogP contribution is -2.40. The maximum atomic E-state index is 12.3. The van der Waals surface area contributed by atoms with Gasteiger partial charge in [0.15, 0.2) is 0 Å². The van der Waals surface area contributed by atoms with Gasteiger partial charge in [0.25, 0.3) is 0 Å². The minimum Gasteiger partial charge on any atom is -0.286 e. The molecule has 0 bridgehead atoms. The van der Waals surface area contributed by atoms with Gasteiger partial charge in [-0.15, -0.1) is 0 Å². The minimum absolute atomic E-state index is 0.149. The molecule has 0 saturated carbocycles. The third-order valence-electron chi connectivity index (χ3n) is 3.25. The maximum absolute atomic E-state index is 12.3. The zero-order chi connectivity index (χ0) is 14.6. The van der Waals surface area contributed by atoms with Crippen LogP contribution in [-0.2, 0) is 21.4 Å². The molecule has 2 aromatic rings. The van der Waals surface area contributed by atoms with Crippen LogP contribution in [0.15, 0.2) is 60.7 Å². The summed E-state index contributed by atoms with van der Waals surface area (Å²) in [6.45, 7) is 0. The lowest BCUT2D eigenvalue weighted by atomic mass is 9.78. The molecule has 20 heavy (non-hydrogen) atoms. The lowest BCUT2D eigenvalue weighted by molar-refractivity contribution is -0.123. The first kappa shape index (κ1) is 15.6. The Labute approximate surface area is 145 Å². The molecule has 0 saturated heterocycles. The van der Waals surface area contributed by atoms with Gasteiger partial charge in [-0.1, -0.05) is 60.7 Å². The Bertz CT molecular complexity index is 595. The molecule has 0 atom stereocenters. The quantitative estimate of drug-likeness (QED) is 0.360. The van der Waals surface area contributed by atoms with Crippen molar-refractivity contribution in [1.29, 1.82) is 0 Å². The van der Waals surface area contributed by atoms with Crippen LogP contribution in [0.1, 0.15) is 11.1 Å². The molecule has 0 aliphatic heterocycles. The molecule has 2 rings (SSSR count). The van der Waals surface area contributed by atoms with Crippen molar-refractivity contribution in [3.05, 3.63) is 71.8 Å². The number of carbonyl (C=O) groups is 2. The van der Waals surface area contributed by atoms with Crippen LogP contribution in [0.3, 0.4) is 0 Å². The molecule has 2 aromatic carbocycles. The molecule has 2 nitrogen and oxygen atoms in total. The molecule has 0 aromatic heterocycles. The number of benzene rings is 2. The second-order valence-corrected chi connectivity index (χ2v) is 6.44. The van der Waals surface area contributed by atoms with E-state index in [1.54, 1.807) is 45.2 Å². The first-order valence-electron chi connectivity index (χ1n) is 6.06. The van der Waals surface area contributed by atoms with Crippen LogP contribution >= 0.6 is 45.2 Å². The molecule has 0 heterocycles. The molecule has 0 fully saturated rings. The van der Waals surface area contributed by atoms with Crippen molar-refractivity contribution in [2.24, 2.45) is 0 Å². The van der Waals surface area contributed by atoms with Gasteiger partial charge in [0, 0.05) is 45.2 Å². The van der Waals surface area contributed by atoms with E-state index in [0.29, 0.717) is 6.42 Å². The van der Waals surface area contributed by atoms with Crippen molar-refractivity contribution in [2.45, 2.75) is 11.8 Å². The molecule has 0 aliphatic carbocycles. The van der Waals surface area contributed by atoms with Crippen LogP contribution in [0.5, 0.6) is 0 Å². The van der Waals surface area contributed by atoms with Gasteiger partial charge in [0.05, 0.1) is 0 Å². The minimum atomic E-state index is -1.11. The number of hydrogen-bond donors (Lipinski definition) is 0. The molecule has 0 aliphatic rings. The van der Waals surface area contributed by atoms with Crippen LogP contribution in [-0.4, -0.2) is 7.58 Å².